The van der Waals surface area contributed by atoms with Crippen LogP contribution in [0.25, 0.3) is 0 Å². The van der Waals surface area contributed by atoms with Crippen LogP contribution in [0, 0.1) is 5.92 Å². The Labute approximate surface area is 121 Å². The first-order valence-corrected chi connectivity index (χ1v) is 7.70. The second-order valence-electron chi connectivity index (χ2n) is 5.91. The van der Waals surface area contributed by atoms with Gasteiger partial charge >= 0.3 is 0 Å². The Kier molecular flexibility index (Phi) is 5.26. The van der Waals surface area contributed by atoms with E-state index in [1.54, 1.807) is 0 Å². The summed E-state index contributed by atoms with van der Waals surface area (Å²) in [6.45, 7) is 6.75. The fraction of sp³-hybridized carbons (Fsp3) is 0.625. The Hall–Kier alpha value is -0.570. The number of hydrogen-bond acceptors (Lipinski definition) is 2. The van der Waals surface area contributed by atoms with E-state index in [1.807, 2.05) is 12.1 Å². The SMILES string of the molecule is CCC(C)N1CC(N)CC(Cc2cccc(Cl)c2)C1. The number of rotatable bonds is 4. The van der Waals surface area contributed by atoms with Gasteiger partial charge in [-0.1, -0.05) is 30.7 Å². The van der Waals surface area contributed by atoms with Crippen LogP contribution in [0.1, 0.15) is 32.3 Å². The maximum Gasteiger partial charge on any atom is 0.0408 e. The summed E-state index contributed by atoms with van der Waals surface area (Å²) in [5.41, 5.74) is 7.55. The molecule has 1 saturated heterocycles. The molecule has 0 aliphatic carbocycles. The molecule has 1 heterocycles. The highest BCUT2D eigenvalue weighted by Gasteiger charge is 2.27. The van der Waals surface area contributed by atoms with Gasteiger partial charge in [0.15, 0.2) is 0 Å². The van der Waals surface area contributed by atoms with E-state index in [-0.39, 0.29) is 0 Å². The highest BCUT2D eigenvalue weighted by molar-refractivity contribution is 6.30. The molecule has 0 amide bonds. The van der Waals surface area contributed by atoms with Crippen LogP contribution in [0.5, 0.6) is 0 Å². The van der Waals surface area contributed by atoms with Gasteiger partial charge in [-0.2, -0.15) is 0 Å². The molecule has 19 heavy (non-hydrogen) atoms. The largest absolute Gasteiger partial charge is 0.327 e. The van der Waals surface area contributed by atoms with Gasteiger partial charge in [-0.25, -0.2) is 0 Å². The van der Waals surface area contributed by atoms with Gasteiger partial charge in [0.25, 0.3) is 0 Å². The second-order valence-corrected chi connectivity index (χ2v) is 6.34. The predicted octanol–water partition coefficient (Wildman–Crippen LogP) is 3.33. The van der Waals surface area contributed by atoms with Gasteiger partial charge in [-0.3, -0.25) is 4.90 Å². The molecule has 0 bridgehead atoms. The first-order valence-electron chi connectivity index (χ1n) is 7.32. The third kappa shape index (κ3) is 4.20. The van der Waals surface area contributed by atoms with Crippen molar-refractivity contribution in [1.82, 2.24) is 4.90 Å². The summed E-state index contributed by atoms with van der Waals surface area (Å²) in [5, 5.41) is 0.830. The van der Waals surface area contributed by atoms with Crippen LogP contribution in [-0.2, 0) is 6.42 Å². The fourth-order valence-corrected chi connectivity index (χ4v) is 3.26. The van der Waals surface area contributed by atoms with Gasteiger partial charge in [-0.15, -0.1) is 0 Å². The highest BCUT2D eigenvalue weighted by atomic mass is 35.5. The Morgan fingerprint density at radius 1 is 1.42 bits per heavy atom. The van der Waals surface area contributed by atoms with E-state index in [0.29, 0.717) is 18.0 Å². The molecule has 2 N–H and O–H groups in total. The molecule has 0 aromatic heterocycles. The van der Waals surface area contributed by atoms with Crippen molar-refractivity contribution in [2.45, 2.75) is 45.2 Å². The molecule has 1 aromatic carbocycles. The lowest BCUT2D eigenvalue weighted by Crippen LogP contribution is -2.50. The van der Waals surface area contributed by atoms with Gasteiger partial charge in [0, 0.05) is 30.2 Å². The standard InChI is InChI=1S/C16H25ClN2/c1-3-12(2)19-10-14(9-16(18)11-19)7-13-5-4-6-15(17)8-13/h4-6,8,12,14,16H,3,7,9-11,18H2,1-2H3. The minimum absolute atomic E-state index is 0.312. The van der Waals surface area contributed by atoms with Gasteiger partial charge in [0.05, 0.1) is 0 Å². The van der Waals surface area contributed by atoms with Crippen LogP contribution >= 0.6 is 11.6 Å². The van der Waals surface area contributed by atoms with Crippen molar-refractivity contribution in [1.29, 1.82) is 0 Å². The Morgan fingerprint density at radius 2 is 2.21 bits per heavy atom. The Morgan fingerprint density at radius 3 is 2.89 bits per heavy atom. The minimum atomic E-state index is 0.312. The molecule has 2 nitrogen and oxygen atoms in total. The quantitative estimate of drug-likeness (QED) is 0.917. The monoisotopic (exact) mass is 280 g/mol. The van der Waals surface area contributed by atoms with E-state index >= 15 is 0 Å². The molecule has 0 saturated carbocycles. The lowest BCUT2D eigenvalue weighted by Gasteiger charge is -2.39. The zero-order chi connectivity index (χ0) is 13.8. The number of nitrogens with zero attached hydrogens (tertiary/aromatic N) is 1. The van der Waals surface area contributed by atoms with Gasteiger partial charge < -0.3 is 5.73 Å². The van der Waals surface area contributed by atoms with Crippen molar-refractivity contribution in [2.24, 2.45) is 11.7 Å². The topological polar surface area (TPSA) is 29.3 Å². The van der Waals surface area contributed by atoms with E-state index in [2.05, 4.69) is 30.9 Å². The molecule has 1 aromatic rings. The lowest BCUT2D eigenvalue weighted by molar-refractivity contribution is 0.114. The zero-order valence-electron chi connectivity index (χ0n) is 12.0. The van der Waals surface area contributed by atoms with Crippen molar-refractivity contribution < 1.29 is 0 Å². The smallest absolute Gasteiger partial charge is 0.0408 e. The van der Waals surface area contributed by atoms with Gasteiger partial charge in [0.1, 0.15) is 0 Å². The summed E-state index contributed by atoms with van der Waals surface area (Å²) in [4.78, 5) is 2.55. The summed E-state index contributed by atoms with van der Waals surface area (Å²) < 4.78 is 0. The van der Waals surface area contributed by atoms with E-state index in [4.69, 9.17) is 17.3 Å². The number of benzene rings is 1. The normalized spacial score (nSPS) is 26.3. The maximum absolute atomic E-state index is 6.22. The molecular weight excluding hydrogens is 256 g/mol. The molecule has 1 aliphatic heterocycles. The third-order valence-corrected chi connectivity index (χ3v) is 4.46. The minimum Gasteiger partial charge on any atom is -0.327 e. The first-order chi connectivity index (χ1) is 9.08. The maximum atomic E-state index is 6.22. The summed E-state index contributed by atoms with van der Waals surface area (Å²) in [5.74, 6) is 0.649. The van der Waals surface area contributed by atoms with Crippen molar-refractivity contribution in [3.63, 3.8) is 0 Å². The third-order valence-electron chi connectivity index (χ3n) is 4.23. The number of piperidine rings is 1. The first kappa shape index (κ1) is 14.8. The summed E-state index contributed by atoms with van der Waals surface area (Å²) >= 11 is 6.06. The van der Waals surface area contributed by atoms with Crippen LogP contribution in [0.2, 0.25) is 5.02 Å². The number of nitrogens with two attached hydrogens (primary N) is 1. The van der Waals surface area contributed by atoms with E-state index in [1.165, 1.54) is 12.0 Å². The number of likely N-dealkylation sites (tertiary alicyclic amines) is 1. The fourth-order valence-electron chi connectivity index (χ4n) is 3.05. The zero-order valence-corrected chi connectivity index (χ0v) is 12.7. The average Bonchev–Trinajstić information content (AvgIpc) is 2.37. The van der Waals surface area contributed by atoms with Crippen molar-refractivity contribution >= 4 is 11.6 Å². The number of hydrogen-bond donors (Lipinski definition) is 1. The van der Waals surface area contributed by atoms with Crippen LogP contribution < -0.4 is 5.73 Å². The Balaban J connectivity index is 1.99. The van der Waals surface area contributed by atoms with Crippen molar-refractivity contribution in [3.05, 3.63) is 34.9 Å². The van der Waals surface area contributed by atoms with E-state index in [0.717, 1.165) is 31.0 Å². The summed E-state index contributed by atoms with van der Waals surface area (Å²) in [6.07, 6.45) is 3.40. The molecule has 106 valence electrons. The predicted molar refractivity (Wildman–Crippen MR) is 82.6 cm³/mol. The molecule has 3 atom stereocenters. The van der Waals surface area contributed by atoms with Crippen LogP contribution in [-0.4, -0.2) is 30.1 Å². The Bertz CT molecular complexity index is 407. The number of halogens is 1. The van der Waals surface area contributed by atoms with Gasteiger partial charge in [-0.05, 0) is 49.8 Å². The van der Waals surface area contributed by atoms with E-state index in [9.17, 15) is 0 Å². The molecule has 2 rings (SSSR count). The molecule has 0 spiro atoms. The van der Waals surface area contributed by atoms with E-state index < -0.39 is 0 Å². The molecule has 1 aliphatic rings. The second kappa shape index (κ2) is 6.74. The molecular formula is C16H25ClN2. The van der Waals surface area contributed by atoms with Crippen LogP contribution in [0.3, 0.4) is 0 Å². The molecule has 3 heteroatoms. The summed E-state index contributed by atoms with van der Waals surface area (Å²) in [6, 6.07) is 9.16. The van der Waals surface area contributed by atoms with Gasteiger partial charge in [0.2, 0.25) is 0 Å². The lowest BCUT2D eigenvalue weighted by atomic mass is 9.88. The van der Waals surface area contributed by atoms with Crippen molar-refractivity contribution in [3.8, 4) is 0 Å². The molecule has 3 unspecified atom stereocenters. The molecule has 1 fully saturated rings. The highest BCUT2D eigenvalue weighted by Crippen LogP contribution is 2.23. The average molecular weight is 281 g/mol. The van der Waals surface area contributed by atoms with Crippen LogP contribution in [0.15, 0.2) is 24.3 Å². The van der Waals surface area contributed by atoms with Crippen LogP contribution in [0.4, 0.5) is 0 Å². The summed E-state index contributed by atoms with van der Waals surface area (Å²) in [7, 11) is 0. The molecule has 0 radical (unpaired) electrons. The van der Waals surface area contributed by atoms with Crippen molar-refractivity contribution in [2.75, 3.05) is 13.1 Å².